The number of carbonyl (C=O) groups is 1. The fraction of sp³-hybridized carbons (Fsp3) is 0.261. The Balaban J connectivity index is 1.40. The number of nitrogens with one attached hydrogen (secondary N) is 2. The first-order chi connectivity index (χ1) is 14.2. The van der Waals surface area contributed by atoms with Crippen molar-refractivity contribution in [3.8, 4) is 11.1 Å². The number of benzene rings is 2. The molecule has 1 atom stereocenters. The second kappa shape index (κ2) is 8.84. The Morgan fingerprint density at radius 1 is 1.10 bits per heavy atom. The maximum atomic E-state index is 12.4. The molecule has 1 amide bonds. The van der Waals surface area contributed by atoms with Crippen LogP contribution in [0.15, 0.2) is 60.9 Å². The molecular weight excluding hydrogens is 364 g/mol. The van der Waals surface area contributed by atoms with Crippen molar-refractivity contribution in [2.75, 3.05) is 18.5 Å². The monoisotopic (exact) mass is 388 g/mol. The largest absolute Gasteiger partial charge is 0.376 e. The van der Waals surface area contributed by atoms with E-state index in [4.69, 9.17) is 4.74 Å². The number of carbonyl (C=O) groups excluding carboxylic acids is 1. The molecule has 1 fully saturated rings. The van der Waals surface area contributed by atoms with Gasteiger partial charge in [-0.2, -0.15) is 0 Å². The molecule has 1 aliphatic rings. The molecular formula is C23H24N4O2. The Labute approximate surface area is 170 Å². The molecule has 1 aliphatic heterocycles. The van der Waals surface area contributed by atoms with Crippen LogP contribution in [-0.2, 0) is 4.74 Å². The summed E-state index contributed by atoms with van der Waals surface area (Å²) in [4.78, 5) is 21.2. The van der Waals surface area contributed by atoms with Crippen LogP contribution in [0.2, 0.25) is 0 Å². The van der Waals surface area contributed by atoms with Crippen molar-refractivity contribution >= 4 is 17.5 Å². The van der Waals surface area contributed by atoms with Gasteiger partial charge in [0.25, 0.3) is 5.91 Å². The van der Waals surface area contributed by atoms with E-state index in [1.54, 1.807) is 24.5 Å². The van der Waals surface area contributed by atoms with E-state index in [2.05, 4.69) is 39.7 Å². The number of aryl methyl sites for hydroxylation is 1. The molecule has 4 rings (SSSR count). The van der Waals surface area contributed by atoms with Gasteiger partial charge in [-0.3, -0.25) is 4.79 Å². The molecule has 2 heterocycles. The maximum Gasteiger partial charge on any atom is 0.251 e. The van der Waals surface area contributed by atoms with Gasteiger partial charge in [-0.05, 0) is 43.5 Å². The Kier molecular flexibility index (Phi) is 5.81. The normalized spacial score (nSPS) is 15.8. The highest BCUT2D eigenvalue weighted by Gasteiger charge is 2.16. The first-order valence-corrected chi connectivity index (χ1v) is 9.83. The van der Waals surface area contributed by atoms with E-state index in [0.717, 1.165) is 36.3 Å². The Bertz CT molecular complexity index is 982. The lowest BCUT2D eigenvalue weighted by Crippen LogP contribution is -2.31. The molecule has 2 aromatic carbocycles. The summed E-state index contributed by atoms with van der Waals surface area (Å²) in [5.41, 5.74) is 4.59. The number of hydrogen-bond donors (Lipinski definition) is 2. The van der Waals surface area contributed by atoms with Crippen molar-refractivity contribution in [2.45, 2.75) is 25.9 Å². The zero-order valence-electron chi connectivity index (χ0n) is 16.4. The molecule has 6 nitrogen and oxygen atoms in total. The van der Waals surface area contributed by atoms with Crippen molar-refractivity contribution < 1.29 is 9.53 Å². The van der Waals surface area contributed by atoms with Gasteiger partial charge in [0.15, 0.2) is 0 Å². The minimum atomic E-state index is -0.111. The van der Waals surface area contributed by atoms with E-state index in [9.17, 15) is 4.79 Å². The molecule has 1 saturated heterocycles. The molecule has 2 N–H and O–H groups in total. The quantitative estimate of drug-likeness (QED) is 0.665. The van der Waals surface area contributed by atoms with Gasteiger partial charge >= 0.3 is 0 Å². The predicted octanol–water partition coefficient (Wildman–Crippen LogP) is 4.10. The molecule has 29 heavy (non-hydrogen) atoms. The number of amides is 1. The zero-order chi connectivity index (χ0) is 20.1. The molecule has 0 aliphatic carbocycles. The minimum Gasteiger partial charge on any atom is -0.376 e. The van der Waals surface area contributed by atoms with Crippen molar-refractivity contribution in [1.82, 2.24) is 15.3 Å². The summed E-state index contributed by atoms with van der Waals surface area (Å²) >= 11 is 0. The summed E-state index contributed by atoms with van der Waals surface area (Å²) in [5.74, 6) is 0.373. The molecule has 0 radical (unpaired) electrons. The van der Waals surface area contributed by atoms with Crippen molar-refractivity contribution in [1.29, 1.82) is 0 Å². The van der Waals surface area contributed by atoms with E-state index >= 15 is 0 Å². The van der Waals surface area contributed by atoms with Crippen LogP contribution in [0, 0.1) is 6.92 Å². The second-order valence-electron chi connectivity index (χ2n) is 7.22. The lowest BCUT2D eigenvalue weighted by atomic mass is 10.1. The lowest BCUT2D eigenvalue weighted by molar-refractivity contribution is 0.0858. The van der Waals surface area contributed by atoms with E-state index in [0.29, 0.717) is 18.1 Å². The second-order valence-corrected chi connectivity index (χ2v) is 7.22. The molecule has 0 bridgehead atoms. The fourth-order valence-corrected chi connectivity index (χ4v) is 3.35. The van der Waals surface area contributed by atoms with E-state index < -0.39 is 0 Å². The molecule has 0 saturated carbocycles. The summed E-state index contributed by atoms with van der Waals surface area (Å²) in [6.07, 6.45) is 5.77. The first kappa shape index (κ1) is 19.1. The van der Waals surface area contributed by atoms with Crippen LogP contribution in [0.1, 0.15) is 28.8 Å². The summed E-state index contributed by atoms with van der Waals surface area (Å²) in [7, 11) is 0. The number of nitrogens with zero attached hydrogens (tertiary/aromatic N) is 2. The van der Waals surface area contributed by atoms with Crippen molar-refractivity contribution in [3.05, 3.63) is 72.1 Å². The standard InChI is InChI=1S/C23H24N4O2/c1-16-5-2-6-17(11-16)19-13-25-23(26-14-19)27-20-8-3-7-18(12-20)22(28)24-15-21-9-4-10-29-21/h2-3,5-8,11-14,21H,4,9-10,15H2,1H3,(H,24,28)(H,25,26,27). The predicted molar refractivity (Wildman–Crippen MR) is 113 cm³/mol. The van der Waals surface area contributed by atoms with E-state index in [1.165, 1.54) is 5.56 Å². The van der Waals surface area contributed by atoms with Crippen LogP contribution >= 0.6 is 0 Å². The van der Waals surface area contributed by atoms with Gasteiger partial charge in [0.1, 0.15) is 0 Å². The summed E-state index contributed by atoms with van der Waals surface area (Å²) < 4.78 is 5.55. The van der Waals surface area contributed by atoms with Crippen LogP contribution in [0.4, 0.5) is 11.6 Å². The van der Waals surface area contributed by atoms with Crippen LogP contribution in [0.25, 0.3) is 11.1 Å². The molecule has 1 aromatic heterocycles. The van der Waals surface area contributed by atoms with E-state index in [1.807, 2.05) is 24.3 Å². The zero-order valence-corrected chi connectivity index (χ0v) is 16.4. The van der Waals surface area contributed by atoms with Crippen LogP contribution < -0.4 is 10.6 Å². The third-order valence-corrected chi connectivity index (χ3v) is 4.90. The van der Waals surface area contributed by atoms with Gasteiger partial charge in [0.2, 0.25) is 5.95 Å². The van der Waals surface area contributed by atoms with Crippen LogP contribution in [0.5, 0.6) is 0 Å². The van der Waals surface area contributed by atoms with Crippen LogP contribution in [0.3, 0.4) is 0 Å². The third-order valence-electron chi connectivity index (χ3n) is 4.90. The van der Waals surface area contributed by atoms with Gasteiger partial charge in [-0.15, -0.1) is 0 Å². The molecule has 3 aromatic rings. The summed E-state index contributed by atoms with van der Waals surface area (Å²) in [6.45, 7) is 3.38. The summed E-state index contributed by atoms with van der Waals surface area (Å²) in [6, 6.07) is 15.5. The average Bonchev–Trinajstić information content (AvgIpc) is 3.26. The Morgan fingerprint density at radius 3 is 2.69 bits per heavy atom. The minimum absolute atomic E-state index is 0.111. The maximum absolute atomic E-state index is 12.4. The van der Waals surface area contributed by atoms with Gasteiger partial charge in [0.05, 0.1) is 6.10 Å². The van der Waals surface area contributed by atoms with Crippen LogP contribution in [-0.4, -0.2) is 35.1 Å². The molecule has 0 spiro atoms. The van der Waals surface area contributed by atoms with E-state index in [-0.39, 0.29) is 12.0 Å². The highest BCUT2D eigenvalue weighted by atomic mass is 16.5. The fourth-order valence-electron chi connectivity index (χ4n) is 3.35. The smallest absolute Gasteiger partial charge is 0.251 e. The van der Waals surface area contributed by atoms with Gasteiger partial charge in [-0.25, -0.2) is 9.97 Å². The van der Waals surface area contributed by atoms with Gasteiger partial charge < -0.3 is 15.4 Å². The Morgan fingerprint density at radius 2 is 1.93 bits per heavy atom. The highest BCUT2D eigenvalue weighted by Crippen LogP contribution is 2.21. The molecule has 6 heteroatoms. The van der Waals surface area contributed by atoms with Gasteiger partial charge in [-0.1, -0.05) is 35.9 Å². The van der Waals surface area contributed by atoms with Crippen molar-refractivity contribution in [3.63, 3.8) is 0 Å². The number of hydrogen-bond acceptors (Lipinski definition) is 5. The molecule has 1 unspecified atom stereocenters. The van der Waals surface area contributed by atoms with Crippen molar-refractivity contribution in [2.24, 2.45) is 0 Å². The Hall–Kier alpha value is -3.25. The average molecular weight is 388 g/mol. The number of aromatic nitrogens is 2. The number of anilines is 2. The number of ether oxygens (including phenoxy) is 1. The lowest BCUT2D eigenvalue weighted by Gasteiger charge is -2.11. The van der Waals surface area contributed by atoms with Gasteiger partial charge in [0, 0.05) is 42.4 Å². The number of rotatable bonds is 6. The molecule has 148 valence electrons. The SMILES string of the molecule is Cc1cccc(-c2cnc(Nc3cccc(C(=O)NCC4CCCO4)c3)nc2)c1. The topological polar surface area (TPSA) is 76.1 Å². The highest BCUT2D eigenvalue weighted by molar-refractivity contribution is 5.95. The first-order valence-electron chi connectivity index (χ1n) is 9.83. The third kappa shape index (κ3) is 4.97. The summed E-state index contributed by atoms with van der Waals surface area (Å²) in [5, 5.41) is 6.10.